The summed E-state index contributed by atoms with van der Waals surface area (Å²) < 4.78 is 1.85. The average molecular weight is 444 g/mol. The fraction of sp³-hybridized carbons (Fsp3) is 0.455. The van der Waals surface area contributed by atoms with Crippen molar-refractivity contribution < 1.29 is 4.92 Å². The van der Waals surface area contributed by atoms with E-state index in [4.69, 9.17) is 4.98 Å². The van der Waals surface area contributed by atoms with Gasteiger partial charge in [-0.05, 0) is 49.1 Å². The maximum atomic E-state index is 13.5. The van der Waals surface area contributed by atoms with Crippen LogP contribution in [-0.4, -0.2) is 14.5 Å². The molecule has 0 atom stereocenters. The van der Waals surface area contributed by atoms with Gasteiger partial charge < -0.3 is 0 Å². The molecular formula is C22H25N3O3S2. The first-order valence-corrected chi connectivity index (χ1v) is 12.2. The maximum Gasteiger partial charge on any atom is 0.269 e. The standard InChI is InChI=1S/C22H25N3O3S2/c1-14(2)11-12-24-21(26)19-17-5-3-4-6-18(17)30-20(19)23-22(24)29-13-15-7-9-16(10-8-15)25(27)28/h7-10,14H,3-6,11-13H2,1-2H3. The van der Waals surface area contributed by atoms with Gasteiger partial charge in [-0.3, -0.25) is 19.5 Å². The third-order valence-corrected chi connectivity index (χ3v) is 7.72. The summed E-state index contributed by atoms with van der Waals surface area (Å²) in [5.74, 6) is 1.11. The number of benzene rings is 1. The second-order valence-electron chi connectivity index (χ2n) is 8.14. The lowest BCUT2D eigenvalue weighted by Gasteiger charge is -2.14. The van der Waals surface area contributed by atoms with Crippen LogP contribution >= 0.6 is 23.1 Å². The van der Waals surface area contributed by atoms with Gasteiger partial charge in [0, 0.05) is 29.3 Å². The van der Waals surface area contributed by atoms with Gasteiger partial charge in [0.2, 0.25) is 0 Å². The quantitative estimate of drug-likeness (QED) is 0.206. The van der Waals surface area contributed by atoms with Crippen LogP contribution in [0.3, 0.4) is 0 Å². The van der Waals surface area contributed by atoms with Crippen LogP contribution in [0.15, 0.2) is 34.2 Å². The summed E-state index contributed by atoms with van der Waals surface area (Å²) in [5.41, 5.74) is 2.37. The highest BCUT2D eigenvalue weighted by molar-refractivity contribution is 7.98. The van der Waals surface area contributed by atoms with Gasteiger partial charge in [-0.1, -0.05) is 37.7 Å². The van der Waals surface area contributed by atoms with Crippen molar-refractivity contribution in [2.45, 2.75) is 63.4 Å². The summed E-state index contributed by atoms with van der Waals surface area (Å²) in [6.07, 6.45) is 5.27. The number of aromatic nitrogens is 2. The van der Waals surface area contributed by atoms with E-state index in [9.17, 15) is 14.9 Å². The van der Waals surface area contributed by atoms with E-state index in [-0.39, 0.29) is 11.2 Å². The highest BCUT2D eigenvalue weighted by Crippen LogP contribution is 2.35. The Morgan fingerprint density at radius 2 is 1.97 bits per heavy atom. The van der Waals surface area contributed by atoms with E-state index in [0.717, 1.165) is 46.6 Å². The maximum absolute atomic E-state index is 13.5. The molecule has 8 heteroatoms. The first-order chi connectivity index (χ1) is 14.4. The number of thiophene rings is 1. The monoisotopic (exact) mass is 443 g/mol. The molecule has 3 aromatic rings. The molecule has 6 nitrogen and oxygen atoms in total. The largest absolute Gasteiger partial charge is 0.287 e. The molecule has 0 unspecified atom stereocenters. The van der Waals surface area contributed by atoms with Crippen molar-refractivity contribution in [1.82, 2.24) is 9.55 Å². The Morgan fingerprint density at radius 1 is 1.23 bits per heavy atom. The van der Waals surface area contributed by atoms with Crippen LogP contribution in [-0.2, 0) is 25.1 Å². The van der Waals surface area contributed by atoms with Gasteiger partial charge in [0.05, 0.1) is 10.3 Å². The summed E-state index contributed by atoms with van der Waals surface area (Å²) in [6.45, 7) is 4.98. The lowest BCUT2D eigenvalue weighted by molar-refractivity contribution is -0.384. The van der Waals surface area contributed by atoms with Gasteiger partial charge in [0.1, 0.15) is 4.83 Å². The van der Waals surface area contributed by atoms with E-state index in [0.29, 0.717) is 18.2 Å². The number of fused-ring (bicyclic) bond motifs is 3. The Labute approximate surface area is 183 Å². The smallest absolute Gasteiger partial charge is 0.269 e. The van der Waals surface area contributed by atoms with Crippen molar-refractivity contribution in [3.8, 4) is 0 Å². The summed E-state index contributed by atoms with van der Waals surface area (Å²) >= 11 is 3.20. The molecule has 0 amide bonds. The topological polar surface area (TPSA) is 78.0 Å². The summed E-state index contributed by atoms with van der Waals surface area (Å²) in [5, 5.41) is 12.4. The Balaban J connectivity index is 1.68. The van der Waals surface area contributed by atoms with Gasteiger partial charge in [-0.25, -0.2) is 4.98 Å². The number of nitrogens with zero attached hydrogens (tertiary/aromatic N) is 3. The van der Waals surface area contributed by atoms with Crippen molar-refractivity contribution in [1.29, 1.82) is 0 Å². The zero-order valence-electron chi connectivity index (χ0n) is 17.2. The second-order valence-corrected chi connectivity index (χ2v) is 10.2. The Morgan fingerprint density at radius 3 is 2.67 bits per heavy atom. The predicted molar refractivity (Wildman–Crippen MR) is 123 cm³/mol. The number of hydrogen-bond acceptors (Lipinski definition) is 6. The highest BCUT2D eigenvalue weighted by atomic mass is 32.2. The minimum Gasteiger partial charge on any atom is -0.287 e. The van der Waals surface area contributed by atoms with Gasteiger partial charge >= 0.3 is 0 Å². The number of nitro groups is 1. The van der Waals surface area contributed by atoms with Gasteiger partial charge in [0.25, 0.3) is 11.2 Å². The number of hydrogen-bond donors (Lipinski definition) is 0. The molecule has 1 aromatic carbocycles. The van der Waals surface area contributed by atoms with Gasteiger partial charge in [-0.2, -0.15) is 0 Å². The average Bonchev–Trinajstić information content (AvgIpc) is 3.10. The van der Waals surface area contributed by atoms with E-state index in [1.54, 1.807) is 23.5 Å². The normalized spacial score (nSPS) is 13.7. The third-order valence-electron chi connectivity index (χ3n) is 5.48. The fourth-order valence-corrected chi connectivity index (χ4v) is 6.06. The van der Waals surface area contributed by atoms with Crippen molar-refractivity contribution in [2.75, 3.05) is 0 Å². The Kier molecular flexibility index (Phi) is 6.24. The highest BCUT2D eigenvalue weighted by Gasteiger charge is 2.22. The van der Waals surface area contributed by atoms with E-state index >= 15 is 0 Å². The molecule has 30 heavy (non-hydrogen) atoms. The number of thioether (sulfide) groups is 1. The van der Waals surface area contributed by atoms with Crippen molar-refractivity contribution >= 4 is 39.0 Å². The van der Waals surface area contributed by atoms with Crippen LogP contribution in [0.2, 0.25) is 0 Å². The van der Waals surface area contributed by atoms with Crippen molar-refractivity contribution in [3.63, 3.8) is 0 Å². The Hall–Kier alpha value is -2.19. The van der Waals surface area contributed by atoms with E-state index < -0.39 is 4.92 Å². The SMILES string of the molecule is CC(C)CCn1c(SCc2ccc([N+](=O)[O-])cc2)nc2sc3c(c2c1=O)CCCC3. The predicted octanol–water partition coefficient (Wildman–Crippen LogP) is 5.58. The molecule has 2 heterocycles. The summed E-state index contributed by atoms with van der Waals surface area (Å²) in [6, 6.07) is 6.57. The number of non-ortho nitro benzene ring substituents is 1. The summed E-state index contributed by atoms with van der Waals surface area (Å²) in [4.78, 5) is 31.0. The zero-order valence-corrected chi connectivity index (χ0v) is 18.9. The van der Waals surface area contributed by atoms with Crippen LogP contribution in [0.25, 0.3) is 10.2 Å². The number of nitro benzene ring substituents is 1. The third kappa shape index (κ3) is 4.30. The van der Waals surface area contributed by atoms with Crippen LogP contribution in [0, 0.1) is 16.0 Å². The molecule has 0 bridgehead atoms. The number of aryl methyl sites for hydroxylation is 2. The minimum absolute atomic E-state index is 0.0845. The molecule has 1 aliphatic carbocycles. The van der Waals surface area contributed by atoms with E-state index in [2.05, 4.69) is 13.8 Å². The molecule has 4 rings (SSSR count). The molecule has 2 aromatic heterocycles. The van der Waals surface area contributed by atoms with Crippen LogP contribution in [0.1, 0.15) is 49.1 Å². The zero-order chi connectivity index (χ0) is 21.3. The van der Waals surface area contributed by atoms with Crippen LogP contribution < -0.4 is 5.56 Å². The van der Waals surface area contributed by atoms with E-state index in [1.165, 1.54) is 40.8 Å². The number of rotatable bonds is 7. The molecule has 0 fully saturated rings. The van der Waals surface area contributed by atoms with E-state index in [1.807, 2.05) is 4.57 Å². The van der Waals surface area contributed by atoms with Gasteiger partial charge in [0.15, 0.2) is 5.16 Å². The molecular weight excluding hydrogens is 418 g/mol. The van der Waals surface area contributed by atoms with Crippen LogP contribution in [0.5, 0.6) is 0 Å². The fourth-order valence-electron chi connectivity index (χ4n) is 3.78. The molecule has 0 N–H and O–H groups in total. The lowest BCUT2D eigenvalue weighted by atomic mass is 9.97. The van der Waals surface area contributed by atoms with Gasteiger partial charge in [-0.15, -0.1) is 11.3 Å². The van der Waals surface area contributed by atoms with Crippen molar-refractivity contribution in [2.24, 2.45) is 5.92 Å². The molecule has 0 saturated heterocycles. The minimum atomic E-state index is -0.394. The molecule has 158 valence electrons. The molecule has 0 spiro atoms. The summed E-state index contributed by atoms with van der Waals surface area (Å²) in [7, 11) is 0. The molecule has 0 saturated carbocycles. The second kappa shape index (κ2) is 8.89. The Bertz CT molecular complexity index is 1130. The van der Waals surface area contributed by atoms with Crippen LogP contribution in [0.4, 0.5) is 5.69 Å². The molecule has 1 aliphatic rings. The van der Waals surface area contributed by atoms with Crippen molar-refractivity contribution in [3.05, 3.63) is 60.7 Å². The molecule has 0 radical (unpaired) electrons. The first-order valence-electron chi connectivity index (χ1n) is 10.3. The molecule has 0 aliphatic heterocycles. The lowest BCUT2D eigenvalue weighted by Crippen LogP contribution is -2.24. The first kappa shape index (κ1) is 21.1.